The summed E-state index contributed by atoms with van der Waals surface area (Å²) in [7, 11) is -2.19. The van der Waals surface area contributed by atoms with Crippen molar-refractivity contribution in [3.63, 3.8) is 0 Å². The van der Waals surface area contributed by atoms with E-state index in [1.54, 1.807) is 61.7 Å². The van der Waals surface area contributed by atoms with Crippen molar-refractivity contribution >= 4 is 39.5 Å². The lowest BCUT2D eigenvalue weighted by Crippen LogP contribution is -2.49. The van der Waals surface area contributed by atoms with Gasteiger partial charge in [0.2, 0.25) is 11.8 Å². The lowest BCUT2D eigenvalue weighted by molar-refractivity contribution is -0.134. The van der Waals surface area contributed by atoms with E-state index in [0.29, 0.717) is 37.0 Å². The lowest BCUT2D eigenvalue weighted by Gasteiger charge is -2.22. The number of carboxylic acids is 1. The van der Waals surface area contributed by atoms with Crippen LogP contribution >= 0.6 is 0 Å². The number of carbonyl (C=O) groups is 4. The molecule has 0 aliphatic carbocycles. The summed E-state index contributed by atoms with van der Waals surface area (Å²) < 4.78 is 35.5. The molecule has 274 valence electrons. The summed E-state index contributed by atoms with van der Waals surface area (Å²) in [6.07, 6.45) is 1.12. The van der Waals surface area contributed by atoms with Crippen molar-refractivity contribution < 1.29 is 47.3 Å². The first-order valence-corrected chi connectivity index (χ1v) is 17.1. The first-order valence-electron chi connectivity index (χ1n) is 15.2. The minimum atomic E-state index is -3.75. The number of nitrogen functional groups attached to an aromatic ring is 1. The molecule has 49 heavy (non-hydrogen) atoms. The third-order valence-electron chi connectivity index (χ3n) is 6.56. The van der Waals surface area contributed by atoms with Gasteiger partial charge in [0.05, 0.1) is 30.6 Å². The number of amidine groups is 1. The third-order valence-corrected chi connectivity index (χ3v) is 8.24. The van der Waals surface area contributed by atoms with Gasteiger partial charge in [-0.2, -0.15) is 0 Å². The molecule has 16 heteroatoms. The summed E-state index contributed by atoms with van der Waals surface area (Å²) in [5.41, 5.74) is 7.32. The Morgan fingerprint density at radius 1 is 0.918 bits per heavy atom. The van der Waals surface area contributed by atoms with E-state index in [1.165, 1.54) is 0 Å². The largest absolute Gasteiger partial charge is 0.481 e. The molecular formula is C33H51N5O10S. The Kier molecular flexibility index (Phi) is 22.3. The summed E-state index contributed by atoms with van der Waals surface area (Å²) in [5, 5.41) is 32.8. The third kappa shape index (κ3) is 20.4. The van der Waals surface area contributed by atoms with Crippen molar-refractivity contribution in [2.24, 2.45) is 11.7 Å². The number of aliphatic carboxylic acids is 1. The van der Waals surface area contributed by atoms with Gasteiger partial charge in [-0.3, -0.25) is 19.8 Å². The molecule has 0 radical (unpaired) electrons. The monoisotopic (exact) mass is 709 g/mol. The molecule has 0 aromatic heterocycles. The SMILES string of the molecule is C.CC(=O)O.COCCCOC(=O)NCCCC[C@H](NC(=O)[C@@H](CO)CS(=O)(=O)Cc1ccccc1)C(=O)NCc1ccc(C(=N)N)cc1. The van der Waals surface area contributed by atoms with E-state index in [0.717, 1.165) is 12.5 Å². The molecule has 2 rings (SSSR count). The smallest absolute Gasteiger partial charge is 0.407 e. The van der Waals surface area contributed by atoms with Gasteiger partial charge in [0.25, 0.3) is 5.97 Å². The van der Waals surface area contributed by atoms with Gasteiger partial charge in [0.1, 0.15) is 11.9 Å². The summed E-state index contributed by atoms with van der Waals surface area (Å²) in [6, 6.07) is 14.2. The predicted molar refractivity (Wildman–Crippen MR) is 185 cm³/mol. The average molecular weight is 710 g/mol. The van der Waals surface area contributed by atoms with Crippen LogP contribution in [0.4, 0.5) is 4.79 Å². The number of rotatable bonds is 20. The second-order valence-electron chi connectivity index (χ2n) is 10.7. The van der Waals surface area contributed by atoms with Crippen molar-refractivity contribution in [2.75, 3.05) is 39.2 Å². The van der Waals surface area contributed by atoms with Crippen LogP contribution in [0.15, 0.2) is 54.6 Å². The summed E-state index contributed by atoms with van der Waals surface area (Å²) in [4.78, 5) is 47.0. The number of aliphatic hydroxyl groups is 1. The Morgan fingerprint density at radius 3 is 2.12 bits per heavy atom. The second-order valence-corrected chi connectivity index (χ2v) is 12.8. The normalized spacial score (nSPS) is 11.7. The van der Waals surface area contributed by atoms with Crippen LogP contribution in [-0.4, -0.2) is 93.6 Å². The van der Waals surface area contributed by atoms with Gasteiger partial charge in [0.15, 0.2) is 9.84 Å². The number of methoxy groups -OCH3 is 1. The number of sulfone groups is 1. The molecule has 2 aromatic carbocycles. The Labute approximate surface area is 288 Å². The molecule has 0 heterocycles. The van der Waals surface area contributed by atoms with E-state index >= 15 is 0 Å². The molecule has 0 unspecified atom stereocenters. The molecule has 0 saturated carbocycles. The van der Waals surface area contributed by atoms with Crippen molar-refractivity contribution in [3.05, 3.63) is 71.3 Å². The van der Waals surface area contributed by atoms with Crippen LogP contribution in [-0.2, 0) is 46.0 Å². The Balaban J connectivity index is 0.00000435. The topological polar surface area (TPSA) is 247 Å². The number of hydrogen-bond acceptors (Lipinski definition) is 10. The van der Waals surface area contributed by atoms with Gasteiger partial charge in [-0.05, 0) is 30.4 Å². The molecule has 0 aliphatic rings. The number of nitrogens with two attached hydrogens (primary N) is 1. The number of hydrogen-bond donors (Lipinski definition) is 7. The highest BCUT2D eigenvalue weighted by Crippen LogP contribution is 2.12. The molecule has 0 fully saturated rings. The van der Waals surface area contributed by atoms with Crippen LogP contribution < -0.4 is 21.7 Å². The van der Waals surface area contributed by atoms with E-state index in [4.69, 9.17) is 30.5 Å². The fraction of sp³-hybridized carbons (Fsp3) is 0.485. The standard InChI is InChI=1S/C30H43N5O8S.C2H4O2.CH4/c1-42-16-7-17-43-30(39)33-15-6-5-10-26(29(38)34-18-22-11-13-24(14-12-22)27(31)32)35-28(37)25(19-36)21-44(40,41)20-23-8-3-2-4-9-23;1-2(3)4;/h2-4,8-9,11-14,25-26,36H,5-7,10,15-21H2,1H3,(H3,31,32)(H,33,39)(H,34,38)(H,35,37);1H3,(H,3,4);1H4/t25-,26-;;/m0../s1. The van der Waals surface area contributed by atoms with Crippen molar-refractivity contribution in [3.8, 4) is 0 Å². The van der Waals surface area contributed by atoms with Crippen LogP contribution in [0.3, 0.4) is 0 Å². The Morgan fingerprint density at radius 2 is 1.55 bits per heavy atom. The van der Waals surface area contributed by atoms with Crippen LogP contribution in [0.1, 0.15) is 56.7 Å². The highest BCUT2D eigenvalue weighted by molar-refractivity contribution is 7.90. The van der Waals surface area contributed by atoms with Gasteiger partial charge in [0, 0.05) is 45.7 Å². The molecule has 0 spiro atoms. The molecule has 2 aromatic rings. The van der Waals surface area contributed by atoms with Crippen LogP contribution in [0, 0.1) is 11.3 Å². The molecule has 0 saturated heterocycles. The van der Waals surface area contributed by atoms with Crippen LogP contribution in [0.5, 0.6) is 0 Å². The summed E-state index contributed by atoms with van der Waals surface area (Å²) in [5.74, 6) is -4.31. The minimum Gasteiger partial charge on any atom is -0.481 e. The fourth-order valence-corrected chi connectivity index (χ4v) is 5.85. The van der Waals surface area contributed by atoms with Crippen molar-refractivity contribution in [1.29, 1.82) is 5.41 Å². The molecule has 0 aliphatic heterocycles. The van der Waals surface area contributed by atoms with Gasteiger partial charge in [-0.25, -0.2) is 13.2 Å². The molecular weight excluding hydrogens is 658 g/mol. The van der Waals surface area contributed by atoms with Gasteiger partial charge in [-0.15, -0.1) is 0 Å². The van der Waals surface area contributed by atoms with Gasteiger partial charge >= 0.3 is 6.09 Å². The summed E-state index contributed by atoms with van der Waals surface area (Å²) >= 11 is 0. The maximum absolute atomic E-state index is 13.1. The van der Waals surface area contributed by atoms with Crippen molar-refractivity contribution in [1.82, 2.24) is 16.0 Å². The first kappa shape index (κ1) is 44.5. The van der Waals surface area contributed by atoms with E-state index in [-0.39, 0.29) is 45.1 Å². The zero-order chi connectivity index (χ0) is 36.0. The van der Waals surface area contributed by atoms with E-state index in [2.05, 4.69) is 16.0 Å². The zero-order valence-electron chi connectivity index (χ0n) is 27.3. The quantitative estimate of drug-likeness (QED) is 0.0595. The molecule has 8 N–H and O–H groups in total. The molecule has 0 bridgehead atoms. The predicted octanol–water partition coefficient (Wildman–Crippen LogP) is 1.96. The maximum atomic E-state index is 13.1. The number of alkyl carbamates (subject to hydrolysis) is 1. The lowest BCUT2D eigenvalue weighted by atomic mass is 10.1. The van der Waals surface area contributed by atoms with E-state index in [9.17, 15) is 27.9 Å². The highest BCUT2D eigenvalue weighted by atomic mass is 32.2. The number of carbonyl (C=O) groups excluding carboxylic acids is 3. The molecule has 2 atom stereocenters. The minimum absolute atomic E-state index is 0. The van der Waals surface area contributed by atoms with Gasteiger partial charge in [-0.1, -0.05) is 62.0 Å². The number of carboxylic acid groups (broad SMARTS) is 1. The number of aliphatic hydroxyl groups excluding tert-OH is 1. The maximum Gasteiger partial charge on any atom is 0.407 e. The molecule has 15 nitrogen and oxygen atoms in total. The summed E-state index contributed by atoms with van der Waals surface area (Å²) in [6.45, 7) is 1.48. The first-order chi connectivity index (χ1) is 22.8. The van der Waals surface area contributed by atoms with E-state index in [1.807, 2.05) is 0 Å². The Bertz CT molecular complexity index is 1400. The fourth-order valence-electron chi connectivity index (χ4n) is 4.16. The number of amides is 3. The average Bonchev–Trinajstić information content (AvgIpc) is 3.03. The number of benzene rings is 2. The van der Waals surface area contributed by atoms with Crippen LogP contribution in [0.2, 0.25) is 0 Å². The van der Waals surface area contributed by atoms with Crippen molar-refractivity contribution in [2.45, 2.75) is 58.4 Å². The number of unbranched alkanes of at least 4 members (excludes halogenated alkanes) is 1. The zero-order valence-corrected chi connectivity index (χ0v) is 28.1. The number of nitrogens with one attached hydrogen (secondary N) is 4. The van der Waals surface area contributed by atoms with Gasteiger partial charge < -0.3 is 41.4 Å². The number of ether oxygens (including phenoxy) is 2. The Hall–Kier alpha value is -4.54. The second kappa shape index (κ2) is 24.6. The molecule has 3 amide bonds. The van der Waals surface area contributed by atoms with E-state index < -0.39 is 58.0 Å². The van der Waals surface area contributed by atoms with Crippen LogP contribution in [0.25, 0.3) is 0 Å². The highest BCUT2D eigenvalue weighted by Gasteiger charge is 2.29.